The molecule has 1 N–H and O–H groups in total. The number of para-hydroxylation sites is 1. The highest BCUT2D eigenvalue weighted by Crippen LogP contribution is 2.39. The molecule has 2 aromatic carbocycles. The van der Waals surface area contributed by atoms with E-state index in [4.69, 9.17) is 0 Å². The Hall–Kier alpha value is -2.46. The Morgan fingerprint density at radius 1 is 1.00 bits per heavy atom. The molecule has 1 aliphatic heterocycles. The maximum Gasteiger partial charge on any atom is 0.266 e. The van der Waals surface area contributed by atoms with Gasteiger partial charge in [-0.15, -0.1) is 0 Å². The molecular formula is C20H21NO3. The van der Waals surface area contributed by atoms with Crippen LogP contribution in [0.2, 0.25) is 0 Å². The third-order valence-corrected chi connectivity index (χ3v) is 4.44. The van der Waals surface area contributed by atoms with E-state index in [0.29, 0.717) is 22.4 Å². The molecule has 3 rings (SSSR count). The van der Waals surface area contributed by atoms with Crippen molar-refractivity contribution in [3.63, 3.8) is 0 Å². The first-order chi connectivity index (χ1) is 11.3. The zero-order valence-corrected chi connectivity index (χ0v) is 14.4. The number of fused-ring (bicyclic) bond motifs is 1. The zero-order valence-electron chi connectivity index (χ0n) is 14.4. The number of carbonyl (C=O) groups is 2. The Labute approximate surface area is 141 Å². The van der Waals surface area contributed by atoms with Crippen LogP contribution in [0.3, 0.4) is 0 Å². The van der Waals surface area contributed by atoms with E-state index in [-0.39, 0.29) is 23.8 Å². The largest absolute Gasteiger partial charge is 0.392 e. The quantitative estimate of drug-likeness (QED) is 0.859. The smallest absolute Gasteiger partial charge is 0.266 e. The summed E-state index contributed by atoms with van der Waals surface area (Å²) in [6.45, 7) is 7.81. The van der Waals surface area contributed by atoms with E-state index in [9.17, 15) is 14.7 Å². The minimum Gasteiger partial charge on any atom is -0.392 e. The molecule has 4 nitrogen and oxygen atoms in total. The van der Waals surface area contributed by atoms with Gasteiger partial charge in [0.2, 0.25) is 0 Å². The van der Waals surface area contributed by atoms with Gasteiger partial charge in [0, 0.05) is 0 Å². The van der Waals surface area contributed by atoms with Crippen molar-refractivity contribution in [3.05, 3.63) is 64.2 Å². The minimum atomic E-state index is -0.362. The van der Waals surface area contributed by atoms with E-state index in [1.165, 1.54) is 4.90 Å². The highest BCUT2D eigenvalue weighted by Gasteiger charge is 2.40. The van der Waals surface area contributed by atoms with Crippen LogP contribution in [0, 0.1) is 6.92 Å². The lowest BCUT2D eigenvalue weighted by Crippen LogP contribution is -2.33. The fraction of sp³-hybridized carbons (Fsp3) is 0.300. The van der Waals surface area contributed by atoms with Gasteiger partial charge >= 0.3 is 0 Å². The molecule has 2 amide bonds. The van der Waals surface area contributed by atoms with Crippen molar-refractivity contribution < 1.29 is 14.7 Å². The summed E-state index contributed by atoms with van der Waals surface area (Å²) in [4.78, 5) is 27.2. The number of imide groups is 1. The third-order valence-electron chi connectivity index (χ3n) is 4.44. The molecule has 0 aliphatic carbocycles. The lowest BCUT2D eigenvalue weighted by Gasteiger charge is -2.28. The van der Waals surface area contributed by atoms with Crippen molar-refractivity contribution in [3.8, 4) is 0 Å². The van der Waals surface area contributed by atoms with Crippen molar-refractivity contribution in [2.24, 2.45) is 0 Å². The molecule has 0 atom stereocenters. The molecule has 24 heavy (non-hydrogen) atoms. The summed E-state index contributed by atoms with van der Waals surface area (Å²) in [7, 11) is 0. The minimum absolute atomic E-state index is 0.212. The molecule has 0 aromatic heterocycles. The number of aryl methyl sites for hydroxylation is 1. The third kappa shape index (κ3) is 2.34. The average molecular weight is 323 g/mol. The second-order valence-corrected chi connectivity index (χ2v) is 7.16. The van der Waals surface area contributed by atoms with Gasteiger partial charge in [-0.05, 0) is 35.1 Å². The van der Waals surface area contributed by atoms with E-state index >= 15 is 0 Å². The van der Waals surface area contributed by atoms with Gasteiger partial charge < -0.3 is 5.11 Å². The Kier molecular flexibility index (Phi) is 3.80. The maximum absolute atomic E-state index is 13.0. The molecule has 1 heterocycles. The summed E-state index contributed by atoms with van der Waals surface area (Å²) < 4.78 is 0. The number of nitrogens with zero attached hydrogens (tertiary/aromatic N) is 1. The van der Waals surface area contributed by atoms with Crippen LogP contribution in [0.1, 0.15) is 58.2 Å². The second-order valence-electron chi connectivity index (χ2n) is 7.16. The van der Waals surface area contributed by atoms with E-state index in [2.05, 4.69) is 20.8 Å². The highest BCUT2D eigenvalue weighted by molar-refractivity contribution is 6.35. The molecule has 4 heteroatoms. The summed E-state index contributed by atoms with van der Waals surface area (Å²) in [5, 5.41) is 9.52. The predicted molar refractivity (Wildman–Crippen MR) is 93.4 cm³/mol. The molecule has 0 fully saturated rings. The van der Waals surface area contributed by atoms with Gasteiger partial charge in [0.15, 0.2) is 0 Å². The number of anilines is 1. The molecule has 0 spiro atoms. The number of hydrogen-bond donors (Lipinski definition) is 1. The van der Waals surface area contributed by atoms with Crippen LogP contribution in [-0.4, -0.2) is 16.9 Å². The highest BCUT2D eigenvalue weighted by atomic mass is 16.3. The normalized spacial score (nSPS) is 14.3. The van der Waals surface area contributed by atoms with E-state index in [1.54, 1.807) is 18.2 Å². The lowest BCUT2D eigenvalue weighted by molar-refractivity contribution is 0.0924. The number of benzene rings is 2. The van der Waals surface area contributed by atoms with Crippen LogP contribution < -0.4 is 4.90 Å². The van der Waals surface area contributed by atoms with Crippen molar-refractivity contribution in [1.82, 2.24) is 0 Å². The van der Waals surface area contributed by atoms with Crippen molar-refractivity contribution in [2.75, 3.05) is 4.90 Å². The van der Waals surface area contributed by atoms with Gasteiger partial charge in [-0.1, -0.05) is 51.1 Å². The molecule has 2 aromatic rings. The number of hydrogen-bond acceptors (Lipinski definition) is 3. The Bertz CT molecular complexity index is 846. The standard InChI is InChI=1S/C20H21NO3/c1-12-7-5-10-15(20(2,3)4)17(12)21-18(23)14-9-6-8-13(11-22)16(14)19(21)24/h5-10,22H,11H2,1-4H3. The summed E-state index contributed by atoms with van der Waals surface area (Å²) in [5.41, 5.74) is 3.42. The first kappa shape index (κ1) is 16.4. The van der Waals surface area contributed by atoms with Gasteiger partial charge in [-0.25, -0.2) is 4.90 Å². The topological polar surface area (TPSA) is 57.6 Å². The first-order valence-electron chi connectivity index (χ1n) is 7.99. The van der Waals surface area contributed by atoms with Gasteiger partial charge in [0.25, 0.3) is 11.8 Å². The molecule has 124 valence electrons. The lowest BCUT2D eigenvalue weighted by atomic mass is 9.84. The number of amides is 2. The Morgan fingerprint density at radius 2 is 1.67 bits per heavy atom. The van der Waals surface area contributed by atoms with Crippen LogP contribution in [0.4, 0.5) is 5.69 Å². The maximum atomic E-state index is 13.0. The molecular weight excluding hydrogens is 302 g/mol. The molecule has 1 aliphatic rings. The van der Waals surface area contributed by atoms with Crippen LogP contribution >= 0.6 is 0 Å². The SMILES string of the molecule is Cc1cccc(C(C)(C)C)c1N1C(=O)c2cccc(CO)c2C1=O. The molecule has 0 bridgehead atoms. The fourth-order valence-corrected chi connectivity index (χ4v) is 3.25. The van der Waals surface area contributed by atoms with E-state index < -0.39 is 0 Å². The van der Waals surface area contributed by atoms with Crippen LogP contribution in [0.5, 0.6) is 0 Å². The second kappa shape index (κ2) is 5.56. The first-order valence-corrected chi connectivity index (χ1v) is 7.99. The number of aliphatic hydroxyl groups excluding tert-OH is 1. The summed E-state index contributed by atoms with van der Waals surface area (Å²) in [6, 6.07) is 10.8. The van der Waals surface area contributed by atoms with E-state index in [1.807, 2.05) is 25.1 Å². The van der Waals surface area contributed by atoms with Crippen LogP contribution in [0.15, 0.2) is 36.4 Å². The Balaban J connectivity index is 2.24. The van der Waals surface area contributed by atoms with Gasteiger partial charge in [0.1, 0.15) is 0 Å². The van der Waals surface area contributed by atoms with Gasteiger partial charge in [-0.2, -0.15) is 0 Å². The number of carbonyl (C=O) groups excluding carboxylic acids is 2. The van der Waals surface area contributed by atoms with Crippen molar-refractivity contribution in [1.29, 1.82) is 0 Å². The van der Waals surface area contributed by atoms with Gasteiger partial charge in [0.05, 0.1) is 23.4 Å². The van der Waals surface area contributed by atoms with Crippen LogP contribution in [-0.2, 0) is 12.0 Å². The van der Waals surface area contributed by atoms with Gasteiger partial charge in [-0.3, -0.25) is 9.59 Å². The summed E-state index contributed by atoms with van der Waals surface area (Å²) in [5.74, 6) is -0.690. The average Bonchev–Trinajstić information content (AvgIpc) is 2.78. The zero-order chi connectivity index (χ0) is 17.6. The Morgan fingerprint density at radius 3 is 2.29 bits per heavy atom. The summed E-state index contributed by atoms with van der Waals surface area (Å²) >= 11 is 0. The molecule has 0 unspecified atom stereocenters. The van der Waals surface area contributed by atoms with Crippen molar-refractivity contribution >= 4 is 17.5 Å². The van der Waals surface area contributed by atoms with Crippen LogP contribution in [0.25, 0.3) is 0 Å². The molecule has 0 saturated heterocycles. The van der Waals surface area contributed by atoms with Crippen molar-refractivity contribution in [2.45, 2.75) is 39.7 Å². The monoisotopic (exact) mass is 323 g/mol. The number of aliphatic hydroxyl groups is 1. The number of rotatable bonds is 2. The fourth-order valence-electron chi connectivity index (χ4n) is 3.25. The molecule has 0 radical (unpaired) electrons. The summed E-state index contributed by atoms with van der Waals surface area (Å²) in [6.07, 6.45) is 0. The molecule has 0 saturated carbocycles. The van der Waals surface area contributed by atoms with E-state index in [0.717, 1.165) is 11.1 Å². The predicted octanol–water partition coefficient (Wildman–Crippen LogP) is 3.59.